The van der Waals surface area contributed by atoms with Crippen LogP contribution in [0.5, 0.6) is 11.5 Å². The second-order valence-electron chi connectivity index (χ2n) is 5.41. The zero-order valence-corrected chi connectivity index (χ0v) is 14.0. The first-order valence-electron chi connectivity index (χ1n) is 7.54. The quantitative estimate of drug-likeness (QED) is 0.747. The molecule has 2 rings (SSSR count). The van der Waals surface area contributed by atoms with E-state index in [-0.39, 0.29) is 5.82 Å². The molecule has 0 fully saturated rings. The average Bonchev–Trinajstić information content (AvgIpc) is 2.96. The Balaban J connectivity index is 2.10. The van der Waals surface area contributed by atoms with Crippen LogP contribution < -0.4 is 9.47 Å². The Kier molecular flexibility index (Phi) is 5.92. The first-order chi connectivity index (χ1) is 11.1. The molecule has 1 aromatic heterocycles. The average molecular weight is 322 g/mol. The van der Waals surface area contributed by atoms with Gasteiger partial charge in [0.2, 0.25) is 0 Å². The number of halogens is 1. The van der Waals surface area contributed by atoms with Crippen LogP contribution in [0.3, 0.4) is 0 Å². The van der Waals surface area contributed by atoms with Gasteiger partial charge in [-0.3, -0.25) is 4.90 Å². The second-order valence-corrected chi connectivity index (χ2v) is 5.41. The predicted octanol–water partition coefficient (Wildman–Crippen LogP) is 2.48. The first kappa shape index (κ1) is 17.2. The lowest BCUT2D eigenvalue weighted by Crippen LogP contribution is -2.21. The largest absolute Gasteiger partial charge is 0.493 e. The van der Waals surface area contributed by atoms with E-state index in [1.165, 1.54) is 20.3 Å². The minimum Gasteiger partial charge on any atom is -0.493 e. The number of methoxy groups -OCH3 is 2. The van der Waals surface area contributed by atoms with Crippen molar-refractivity contribution in [2.45, 2.75) is 33.0 Å². The van der Waals surface area contributed by atoms with Gasteiger partial charge in [0.25, 0.3) is 0 Å². The number of benzene rings is 1. The summed E-state index contributed by atoms with van der Waals surface area (Å²) in [6, 6.07) is 3.02. The third-order valence-electron chi connectivity index (χ3n) is 3.56. The first-order valence-corrected chi connectivity index (χ1v) is 7.54. The molecule has 1 heterocycles. The summed E-state index contributed by atoms with van der Waals surface area (Å²) in [5.41, 5.74) is 0.548. The van der Waals surface area contributed by atoms with Gasteiger partial charge in [-0.1, -0.05) is 6.92 Å². The van der Waals surface area contributed by atoms with Gasteiger partial charge < -0.3 is 14.0 Å². The number of aryl methyl sites for hydroxylation is 1. The summed E-state index contributed by atoms with van der Waals surface area (Å²) in [6.45, 7) is 4.01. The molecule has 0 unspecified atom stereocenters. The summed E-state index contributed by atoms with van der Waals surface area (Å²) in [6.07, 6.45) is 2.74. The van der Waals surface area contributed by atoms with E-state index in [1.54, 1.807) is 12.4 Å². The van der Waals surface area contributed by atoms with Gasteiger partial charge in [-0.2, -0.15) is 0 Å². The van der Waals surface area contributed by atoms with Crippen molar-refractivity contribution >= 4 is 0 Å². The minimum atomic E-state index is -0.315. The highest BCUT2D eigenvalue weighted by molar-refractivity contribution is 5.43. The monoisotopic (exact) mass is 322 g/mol. The molecule has 23 heavy (non-hydrogen) atoms. The van der Waals surface area contributed by atoms with Crippen molar-refractivity contribution in [1.29, 1.82) is 0 Å². The Morgan fingerprint density at radius 3 is 2.52 bits per heavy atom. The van der Waals surface area contributed by atoms with E-state index < -0.39 is 0 Å². The van der Waals surface area contributed by atoms with E-state index in [0.29, 0.717) is 30.2 Å². The normalized spacial score (nSPS) is 11.0. The summed E-state index contributed by atoms with van der Waals surface area (Å²) < 4.78 is 26.6. The van der Waals surface area contributed by atoms with Crippen molar-refractivity contribution < 1.29 is 13.9 Å². The molecule has 0 amide bonds. The van der Waals surface area contributed by atoms with Gasteiger partial charge in [0.15, 0.2) is 11.5 Å². The Labute approximate surface area is 135 Å². The van der Waals surface area contributed by atoms with E-state index in [1.807, 2.05) is 16.5 Å². The number of hydrogen-bond donors (Lipinski definition) is 0. The van der Waals surface area contributed by atoms with Crippen molar-refractivity contribution in [2.24, 2.45) is 0 Å². The number of aromatic nitrogens is 3. The number of nitrogens with zero attached hydrogens (tertiary/aromatic N) is 4. The lowest BCUT2D eigenvalue weighted by Gasteiger charge is -2.18. The van der Waals surface area contributed by atoms with Crippen LogP contribution in [-0.2, 0) is 19.6 Å². The highest BCUT2D eigenvalue weighted by atomic mass is 19.1. The summed E-state index contributed by atoms with van der Waals surface area (Å²) in [7, 11) is 4.95. The lowest BCUT2D eigenvalue weighted by atomic mass is 10.1. The van der Waals surface area contributed by atoms with E-state index in [0.717, 1.165) is 18.8 Å². The topological polar surface area (TPSA) is 52.4 Å². The van der Waals surface area contributed by atoms with Crippen LogP contribution in [-0.4, -0.2) is 40.9 Å². The third kappa shape index (κ3) is 4.19. The molecule has 2 aromatic rings. The third-order valence-corrected chi connectivity index (χ3v) is 3.56. The molecule has 0 atom stereocenters. The maximum absolute atomic E-state index is 14.2. The van der Waals surface area contributed by atoms with Gasteiger partial charge in [0, 0.05) is 24.7 Å². The molecule has 126 valence electrons. The predicted molar refractivity (Wildman–Crippen MR) is 85.0 cm³/mol. The van der Waals surface area contributed by atoms with E-state index in [9.17, 15) is 4.39 Å². The fourth-order valence-electron chi connectivity index (χ4n) is 2.43. The van der Waals surface area contributed by atoms with Gasteiger partial charge >= 0.3 is 0 Å². The molecule has 7 heteroatoms. The zero-order valence-electron chi connectivity index (χ0n) is 14.0. The zero-order chi connectivity index (χ0) is 16.8. The van der Waals surface area contributed by atoms with Gasteiger partial charge in [-0.15, -0.1) is 10.2 Å². The molecule has 0 aliphatic carbocycles. The fraction of sp³-hybridized carbons (Fsp3) is 0.500. The molecule has 0 aliphatic rings. The Morgan fingerprint density at radius 1 is 1.17 bits per heavy atom. The SMILES string of the molecule is CCCn1cnnc1CN(C)Cc1cc(OC)c(OC)cc1F. The van der Waals surface area contributed by atoms with Crippen molar-refractivity contribution in [3.05, 3.63) is 35.7 Å². The molecule has 0 aliphatic heterocycles. The fourth-order valence-corrected chi connectivity index (χ4v) is 2.43. The van der Waals surface area contributed by atoms with E-state index in [4.69, 9.17) is 9.47 Å². The van der Waals surface area contributed by atoms with Crippen molar-refractivity contribution in [3.63, 3.8) is 0 Å². The van der Waals surface area contributed by atoms with Crippen LogP contribution >= 0.6 is 0 Å². The summed E-state index contributed by atoms with van der Waals surface area (Å²) in [5, 5.41) is 8.08. The lowest BCUT2D eigenvalue weighted by molar-refractivity contribution is 0.297. The maximum Gasteiger partial charge on any atom is 0.163 e. The number of hydrogen-bond acceptors (Lipinski definition) is 5. The minimum absolute atomic E-state index is 0.315. The molecule has 6 nitrogen and oxygen atoms in total. The van der Waals surface area contributed by atoms with Crippen LogP contribution in [0, 0.1) is 5.82 Å². The van der Waals surface area contributed by atoms with Gasteiger partial charge in [-0.25, -0.2) is 4.39 Å². The molecular weight excluding hydrogens is 299 g/mol. The van der Waals surface area contributed by atoms with Gasteiger partial charge in [0.05, 0.1) is 20.8 Å². The molecule has 1 aromatic carbocycles. The standard InChI is InChI=1S/C16H23FN4O2/c1-5-6-21-11-18-19-16(21)10-20(2)9-12-7-14(22-3)15(23-4)8-13(12)17/h7-8,11H,5-6,9-10H2,1-4H3. The van der Waals surface area contributed by atoms with Gasteiger partial charge in [0.1, 0.15) is 18.0 Å². The Hall–Kier alpha value is -2.15. The molecule has 0 bridgehead atoms. The van der Waals surface area contributed by atoms with E-state index in [2.05, 4.69) is 17.1 Å². The van der Waals surface area contributed by atoms with Crippen LogP contribution in [0.2, 0.25) is 0 Å². The highest BCUT2D eigenvalue weighted by Crippen LogP contribution is 2.30. The van der Waals surface area contributed by atoms with Crippen LogP contribution in [0.4, 0.5) is 4.39 Å². The highest BCUT2D eigenvalue weighted by Gasteiger charge is 2.14. The smallest absolute Gasteiger partial charge is 0.163 e. The molecular formula is C16H23FN4O2. The van der Waals surface area contributed by atoms with E-state index >= 15 is 0 Å². The molecule has 0 saturated carbocycles. The summed E-state index contributed by atoms with van der Waals surface area (Å²) in [4.78, 5) is 1.99. The van der Waals surface area contributed by atoms with Gasteiger partial charge in [-0.05, 0) is 19.5 Å². The Morgan fingerprint density at radius 2 is 1.87 bits per heavy atom. The Bertz CT molecular complexity index is 645. The number of ether oxygens (including phenoxy) is 2. The van der Waals surface area contributed by atoms with Crippen LogP contribution in [0.1, 0.15) is 24.7 Å². The molecule has 0 saturated heterocycles. The van der Waals surface area contributed by atoms with Crippen LogP contribution in [0.25, 0.3) is 0 Å². The molecule has 0 N–H and O–H groups in total. The molecule has 0 spiro atoms. The second kappa shape index (κ2) is 7.92. The summed E-state index contributed by atoms with van der Waals surface area (Å²) in [5.74, 6) is 1.46. The summed E-state index contributed by atoms with van der Waals surface area (Å²) >= 11 is 0. The molecule has 0 radical (unpaired) electrons. The van der Waals surface area contributed by atoms with Crippen molar-refractivity contribution in [3.8, 4) is 11.5 Å². The maximum atomic E-state index is 14.2. The van der Waals surface area contributed by atoms with Crippen LogP contribution in [0.15, 0.2) is 18.5 Å². The number of rotatable bonds is 8. The van der Waals surface area contributed by atoms with Crippen molar-refractivity contribution in [2.75, 3.05) is 21.3 Å². The van der Waals surface area contributed by atoms with Crippen molar-refractivity contribution in [1.82, 2.24) is 19.7 Å².